The van der Waals surface area contributed by atoms with E-state index in [-0.39, 0.29) is 11.6 Å². The van der Waals surface area contributed by atoms with Crippen LogP contribution >= 0.6 is 12.2 Å². The Morgan fingerprint density at radius 3 is 2.24 bits per heavy atom. The minimum absolute atomic E-state index is 0.0785. The van der Waals surface area contributed by atoms with Crippen molar-refractivity contribution in [1.29, 1.82) is 0 Å². The van der Waals surface area contributed by atoms with Crippen LogP contribution in [0, 0.1) is 0 Å². The van der Waals surface area contributed by atoms with Gasteiger partial charge in [0.1, 0.15) is 10.6 Å². The molecule has 0 saturated carbocycles. The maximum atomic E-state index is 6.43. The Bertz CT molecular complexity index is 777. The summed E-state index contributed by atoms with van der Waals surface area (Å²) < 4.78 is 0. The van der Waals surface area contributed by atoms with Gasteiger partial charge >= 0.3 is 0 Å². The number of nitrogens with zero attached hydrogens (tertiary/aromatic N) is 2. The van der Waals surface area contributed by atoms with E-state index in [1.54, 1.807) is 0 Å². The SMILES string of the molecule is CN1O[C@@]2(C[C@H]1c1ccccc1)CC(C)(C)N(c1ccccc1)C2=S. The molecule has 2 heterocycles. The quantitative estimate of drug-likeness (QED) is 0.725. The zero-order valence-corrected chi connectivity index (χ0v) is 15.8. The molecule has 0 N–H and O–H groups in total. The lowest BCUT2D eigenvalue weighted by Gasteiger charge is -2.32. The van der Waals surface area contributed by atoms with Crippen LogP contribution in [0.25, 0.3) is 0 Å². The molecule has 2 aliphatic heterocycles. The van der Waals surface area contributed by atoms with Crippen LogP contribution in [0.15, 0.2) is 60.7 Å². The first kappa shape index (κ1) is 16.7. The van der Waals surface area contributed by atoms with Gasteiger partial charge in [-0.15, -0.1) is 0 Å². The van der Waals surface area contributed by atoms with Gasteiger partial charge in [-0.25, -0.2) is 0 Å². The highest BCUT2D eigenvalue weighted by Crippen LogP contribution is 2.51. The number of hydrogen-bond acceptors (Lipinski definition) is 3. The molecule has 0 aliphatic carbocycles. The van der Waals surface area contributed by atoms with Gasteiger partial charge in [0, 0.05) is 31.1 Å². The van der Waals surface area contributed by atoms with Crippen molar-refractivity contribution in [2.75, 3.05) is 11.9 Å². The second-order valence-electron chi connectivity index (χ2n) is 7.73. The fraction of sp³-hybridized carbons (Fsp3) is 0.381. The third kappa shape index (κ3) is 2.69. The van der Waals surface area contributed by atoms with Crippen LogP contribution in [-0.4, -0.2) is 28.2 Å². The molecule has 130 valence electrons. The molecule has 4 heteroatoms. The normalized spacial score (nSPS) is 28.8. The van der Waals surface area contributed by atoms with Gasteiger partial charge < -0.3 is 4.90 Å². The summed E-state index contributed by atoms with van der Waals surface area (Å²) in [6.45, 7) is 4.50. The van der Waals surface area contributed by atoms with Crippen molar-refractivity contribution in [3.63, 3.8) is 0 Å². The standard InChI is InChI=1S/C21H24N2OS/c1-20(2)15-21(19(25)23(20)17-12-8-5-9-13-17)14-18(22(3)24-21)16-10-6-4-7-11-16/h4-13,18H,14-15H2,1-3H3/t18-,21-/m0/s1. The molecule has 25 heavy (non-hydrogen) atoms. The lowest BCUT2D eigenvalue weighted by molar-refractivity contribution is -0.165. The molecule has 4 rings (SSSR count). The Morgan fingerprint density at radius 2 is 1.60 bits per heavy atom. The molecule has 0 aromatic heterocycles. The first-order valence-corrected chi connectivity index (χ1v) is 9.20. The molecule has 2 aliphatic rings. The van der Waals surface area contributed by atoms with E-state index in [9.17, 15) is 0 Å². The Morgan fingerprint density at radius 1 is 1.00 bits per heavy atom. The molecule has 0 bridgehead atoms. The van der Waals surface area contributed by atoms with Crippen molar-refractivity contribution >= 4 is 22.9 Å². The zero-order chi connectivity index (χ0) is 17.7. The molecule has 2 saturated heterocycles. The van der Waals surface area contributed by atoms with Crippen molar-refractivity contribution in [3.05, 3.63) is 66.2 Å². The van der Waals surface area contributed by atoms with Crippen molar-refractivity contribution in [2.45, 2.75) is 43.9 Å². The van der Waals surface area contributed by atoms with Gasteiger partial charge in [0.2, 0.25) is 0 Å². The molecule has 1 spiro atoms. The minimum Gasteiger partial charge on any atom is -0.328 e. The topological polar surface area (TPSA) is 15.7 Å². The Balaban J connectivity index is 1.69. The highest BCUT2D eigenvalue weighted by Gasteiger charge is 2.59. The van der Waals surface area contributed by atoms with Crippen molar-refractivity contribution < 1.29 is 4.84 Å². The molecule has 0 unspecified atom stereocenters. The van der Waals surface area contributed by atoms with Gasteiger partial charge in [-0.3, -0.25) is 4.84 Å². The number of hydroxylamine groups is 2. The lowest BCUT2D eigenvalue weighted by Crippen LogP contribution is -2.42. The van der Waals surface area contributed by atoms with Crippen LogP contribution in [0.4, 0.5) is 5.69 Å². The van der Waals surface area contributed by atoms with Crippen LogP contribution in [0.1, 0.15) is 38.3 Å². The van der Waals surface area contributed by atoms with E-state index in [0.717, 1.165) is 23.5 Å². The predicted octanol–water partition coefficient (Wildman–Crippen LogP) is 4.75. The van der Waals surface area contributed by atoms with Crippen LogP contribution in [-0.2, 0) is 4.84 Å². The Hall–Kier alpha value is -1.75. The summed E-state index contributed by atoms with van der Waals surface area (Å²) in [5.41, 5.74) is 1.93. The molecule has 2 aromatic rings. The summed E-state index contributed by atoms with van der Waals surface area (Å²) in [5.74, 6) is 0. The second kappa shape index (κ2) is 5.90. The average Bonchev–Trinajstić information content (AvgIpc) is 3.02. The van der Waals surface area contributed by atoms with Gasteiger partial charge in [0.15, 0.2) is 0 Å². The third-order valence-electron chi connectivity index (χ3n) is 5.40. The maximum absolute atomic E-state index is 6.43. The fourth-order valence-electron chi connectivity index (χ4n) is 4.43. The number of hydrogen-bond donors (Lipinski definition) is 0. The summed E-state index contributed by atoms with van der Waals surface area (Å²) in [4.78, 5) is 9.61. The number of benzene rings is 2. The van der Waals surface area contributed by atoms with Crippen molar-refractivity contribution in [1.82, 2.24) is 5.06 Å². The molecular weight excluding hydrogens is 328 g/mol. The summed E-state index contributed by atoms with van der Waals surface area (Å²) in [5, 5.41) is 1.99. The zero-order valence-electron chi connectivity index (χ0n) is 15.0. The van der Waals surface area contributed by atoms with Gasteiger partial charge in [-0.05, 0) is 31.5 Å². The Labute approximate surface area is 155 Å². The minimum atomic E-state index is -0.413. The van der Waals surface area contributed by atoms with E-state index in [1.807, 2.05) is 18.2 Å². The lowest BCUT2D eigenvalue weighted by atomic mass is 9.87. The first-order chi connectivity index (χ1) is 11.9. The number of para-hydroxylation sites is 1. The van der Waals surface area contributed by atoms with Crippen LogP contribution in [0.3, 0.4) is 0 Å². The highest BCUT2D eigenvalue weighted by molar-refractivity contribution is 7.80. The van der Waals surface area contributed by atoms with E-state index in [4.69, 9.17) is 17.1 Å². The number of rotatable bonds is 2. The molecular formula is C21H24N2OS. The van der Waals surface area contributed by atoms with E-state index in [2.05, 4.69) is 73.3 Å². The van der Waals surface area contributed by atoms with E-state index < -0.39 is 5.60 Å². The molecule has 3 nitrogen and oxygen atoms in total. The molecule has 2 atom stereocenters. The second-order valence-corrected chi connectivity index (χ2v) is 8.11. The van der Waals surface area contributed by atoms with Gasteiger partial charge in [0.25, 0.3) is 0 Å². The summed E-state index contributed by atoms with van der Waals surface area (Å²) in [7, 11) is 2.02. The summed E-state index contributed by atoms with van der Waals surface area (Å²) in [6, 6.07) is 21.2. The average molecular weight is 353 g/mol. The maximum Gasteiger partial charge on any atom is 0.144 e. The molecule has 0 radical (unpaired) electrons. The van der Waals surface area contributed by atoms with Gasteiger partial charge in [0.05, 0.1) is 6.04 Å². The molecule has 2 aromatic carbocycles. The fourth-order valence-corrected chi connectivity index (χ4v) is 4.97. The van der Waals surface area contributed by atoms with Crippen molar-refractivity contribution in [2.24, 2.45) is 0 Å². The van der Waals surface area contributed by atoms with E-state index in [0.29, 0.717) is 0 Å². The monoisotopic (exact) mass is 352 g/mol. The van der Waals surface area contributed by atoms with Crippen molar-refractivity contribution in [3.8, 4) is 0 Å². The Kier molecular flexibility index (Phi) is 3.95. The molecule has 2 fully saturated rings. The number of anilines is 1. The highest BCUT2D eigenvalue weighted by atomic mass is 32.1. The number of thiocarbonyl (C=S) groups is 1. The van der Waals surface area contributed by atoms with E-state index in [1.165, 1.54) is 5.56 Å². The van der Waals surface area contributed by atoms with Gasteiger partial charge in [-0.1, -0.05) is 60.7 Å². The van der Waals surface area contributed by atoms with E-state index >= 15 is 0 Å². The summed E-state index contributed by atoms with van der Waals surface area (Å²) >= 11 is 5.97. The van der Waals surface area contributed by atoms with Crippen LogP contribution in [0.2, 0.25) is 0 Å². The molecule has 0 amide bonds. The summed E-state index contributed by atoms with van der Waals surface area (Å²) in [6.07, 6.45) is 1.78. The van der Waals surface area contributed by atoms with Gasteiger partial charge in [-0.2, -0.15) is 5.06 Å². The largest absolute Gasteiger partial charge is 0.328 e. The van der Waals surface area contributed by atoms with Crippen LogP contribution in [0.5, 0.6) is 0 Å². The smallest absolute Gasteiger partial charge is 0.144 e. The third-order valence-corrected chi connectivity index (χ3v) is 5.95. The van der Waals surface area contributed by atoms with Crippen LogP contribution < -0.4 is 4.90 Å². The predicted molar refractivity (Wildman–Crippen MR) is 106 cm³/mol. The first-order valence-electron chi connectivity index (χ1n) is 8.80.